The van der Waals surface area contributed by atoms with Crippen LogP contribution in [0.1, 0.15) is 11.1 Å². The van der Waals surface area contributed by atoms with E-state index in [9.17, 15) is 0 Å². The summed E-state index contributed by atoms with van der Waals surface area (Å²) in [5.74, 6) is 0.903. The normalized spacial score (nSPS) is 19.1. The molecule has 6 heteroatoms. The number of nitrogens with one attached hydrogen (secondary N) is 1. The molecule has 0 aromatic heterocycles. The van der Waals surface area contributed by atoms with Crippen LogP contribution in [0.15, 0.2) is 29.3 Å². The Kier molecular flexibility index (Phi) is 8.86. The lowest BCUT2D eigenvalue weighted by atomic mass is 10.1. The van der Waals surface area contributed by atoms with Gasteiger partial charge in [-0.25, -0.2) is 0 Å². The maximum atomic E-state index is 5.78. The first-order chi connectivity index (χ1) is 10.6. The largest absolute Gasteiger partial charge is 0.374 e. The number of hydrogen-bond donors (Lipinski definition) is 1. The molecule has 0 aliphatic carbocycles. The molecule has 1 aliphatic rings. The molecule has 130 valence electrons. The van der Waals surface area contributed by atoms with Gasteiger partial charge in [-0.15, -0.1) is 24.0 Å². The molecule has 1 fully saturated rings. The third kappa shape index (κ3) is 6.27. The molecule has 0 radical (unpaired) electrons. The number of ether oxygens (including phenoxy) is 1. The van der Waals surface area contributed by atoms with E-state index in [-0.39, 0.29) is 30.1 Å². The zero-order valence-electron chi connectivity index (χ0n) is 14.6. The Balaban J connectivity index is 0.00000264. The van der Waals surface area contributed by atoms with Gasteiger partial charge < -0.3 is 19.9 Å². The molecule has 1 unspecified atom stereocenters. The van der Waals surface area contributed by atoms with E-state index in [2.05, 4.69) is 65.4 Å². The van der Waals surface area contributed by atoms with Crippen LogP contribution in [0.25, 0.3) is 0 Å². The number of benzene rings is 1. The molecule has 1 saturated heterocycles. The van der Waals surface area contributed by atoms with Crippen molar-refractivity contribution in [2.24, 2.45) is 4.99 Å². The average Bonchev–Trinajstić information content (AvgIpc) is 2.50. The number of guanidine groups is 1. The zero-order chi connectivity index (χ0) is 15.9. The van der Waals surface area contributed by atoms with Crippen molar-refractivity contribution in [3.8, 4) is 0 Å². The van der Waals surface area contributed by atoms with Crippen LogP contribution in [0.4, 0.5) is 0 Å². The molecule has 0 saturated carbocycles. The number of halogens is 1. The summed E-state index contributed by atoms with van der Waals surface area (Å²) in [6.07, 6.45) is 0.224. The molecular weight excluding hydrogens is 403 g/mol. The number of nitrogens with zero attached hydrogens (tertiary/aromatic N) is 3. The summed E-state index contributed by atoms with van der Waals surface area (Å²) in [5.41, 5.74) is 2.63. The molecule has 1 aromatic rings. The summed E-state index contributed by atoms with van der Waals surface area (Å²) in [6.45, 7) is 6.56. The summed E-state index contributed by atoms with van der Waals surface area (Å²) in [4.78, 5) is 8.83. The van der Waals surface area contributed by atoms with E-state index in [0.29, 0.717) is 0 Å². The van der Waals surface area contributed by atoms with Gasteiger partial charge in [-0.1, -0.05) is 24.3 Å². The minimum Gasteiger partial charge on any atom is -0.374 e. The first-order valence-electron chi connectivity index (χ1n) is 7.86. The smallest absolute Gasteiger partial charge is 0.193 e. The molecule has 1 aromatic carbocycles. The highest BCUT2D eigenvalue weighted by atomic mass is 127. The number of aryl methyl sites for hydroxylation is 1. The Morgan fingerprint density at radius 2 is 2.17 bits per heavy atom. The minimum absolute atomic E-state index is 0. The predicted octanol–water partition coefficient (Wildman–Crippen LogP) is 1.95. The molecule has 1 aliphatic heterocycles. The van der Waals surface area contributed by atoms with Crippen LogP contribution in [0.5, 0.6) is 0 Å². The third-order valence-electron chi connectivity index (χ3n) is 4.07. The lowest BCUT2D eigenvalue weighted by molar-refractivity contribution is -0.0163. The van der Waals surface area contributed by atoms with Gasteiger partial charge in [0, 0.05) is 40.3 Å². The molecule has 0 bridgehead atoms. The van der Waals surface area contributed by atoms with Crippen molar-refractivity contribution in [3.63, 3.8) is 0 Å². The van der Waals surface area contributed by atoms with Crippen molar-refractivity contribution >= 4 is 29.9 Å². The molecule has 1 heterocycles. The van der Waals surface area contributed by atoms with Crippen molar-refractivity contribution in [1.82, 2.24) is 15.1 Å². The number of aliphatic imine (C=N–C) groups is 1. The van der Waals surface area contributed by atoms with E-state index < -0.39 is 0 Å². The quantitative estimate of drug-likeness (QED) is 0.449. The van der Waals surface area contributed by atoms with E-state index in [0.717, 1.165) is 38.7 Å². The van der Waals surface area contributed by atoms with Gasteiger partial charge in [0.25, 0.3) is 0 Å². The van der Waals surface area contributed by atoms with Crippen molar-refractivity contribution in [3.05, 3.63) is 35.4 Å². The predicted molar refractivity (Wildman–Crippen MR) is 107 cm³/mol. The fourth-order valence-corrected chi connectivity index (χ4v) is 2.70. The molecule has 0 spiro atoms. The summed E-state index contributed by atoms with van der Waals surface area (Å²) in [5, 5.41) is 3.42. The maximum Gasteiger partial charge on any atom is 0.193 e. The molecule has 2 rings (SSSR count). The second-order valence-corrected chi connectivity index (χ2v) is 5.97. The molecule has 23 heavy (non-hydrogen) atoms. The SMILES string of the molecule is CN=C(NCC1CN(C)CCO1)N(C)Cc1ccccc1C.I. The maximum absolute atomic E-state index is 5.78. The highest BCUT2D eigenvalue weighted by molar-refractivity contribution is 14.0. The van der Waals surface area contributed by atoms with Gasteiger partial charge in [-0.3, -0.25) is 4.99 Å². The van der Waals surface area contributed by atoms with Gasteiger partial charge in [-0.2, -0.15) is 0 Å². The van der Waals surface area contributed by atoms with Gasteiger partial charge in [0.1, 0.15) is 0 Å². The third-order valence-corrected chi connectivity index (χ3v) is 4.07. The van der Waals surface area contributed by atoms with E-state index in [4.69, 9.17) is 4.74 Å². The Hall–Kier alpha value is -0.860. The lowest BCUT2D eigenvalue weighted by Crippen LogP contribution is -2.48. The van der Waals surface area contributed by atoms with E-state index in [1.54, 1.807) is 0 Å². The summed E-state index contributed by atoms with van der Waals surface area (Å²) in [7, 11) is 6.02. The van der Waals surface area contributed by atoms with E-state index in [1.165, 1.54) is 11.1 Å². The first kappa shape index (κ1) is 20.2. The van der Waals surface area contributed by atoms with Crippen molar-refractivity contribution in [1.29, 1.82) is 0 Å². The topological polar surface area (TPSA) is 40.1 Å². The summed E-state index contributed by atoms with van der Waals surface area (Å²) < 4.78 is 5.78. The van der Waals surface area contributed by atoms with Crippen LogP contribution in [-0.2, 0) is 11.3 Å². The zero-order valence-corrected chi connectivity index (χ0v) is 16.9. The summed E-state index contributed by atoms with van der Waals surface area (Å²) >= 11 is 0. The fraction of sp³-hybridized carbons (Fsp3) is 0.588. The molecule has 1 atom stereocenters. The van der Waals surface area contributed by atoms with Gasteiger partial charge in [0.05, 0.1) is 12.7 Å². The van der Waals surface area contributed by atoms with Gasteiger partial charge in [-0.05, 0) is 25.1 Å². The molecular formula is C17H29IN4O. The Bertz CT molecular complexity index is 509. The average molecular weight is 432 g/mol. The fourth-order valence-electron chi connectivity index (χ4n) is 2.70. The van der Waals surface area contributed by atoms with Crippen LogP contribution in [0.2, 0.25) is 0 Å². The monoisotopic (exact) mass is 432 g/mol. The van der Waals surface area contributed by atoms with Crippen LogP contribution >= 0.6 is 24.0 Å². The van der Waals surface area contributed by atoms with Gasteiger partial charge in [0.2, 0.25) is 0 Å². The van der Waals surface area contributed by atoms with Crippen molar-refractivity contribution in [2.75, 3.05) is 47.4 Å². The number of hydrogen-bond acceptors (Lipinski definition) is 3. The van der Waals surface area contributed by atoms with Gasteiger partial charge in [0.15, 0.2) is 5.96 Å². The molecule has 5 nitrogen and oxygen atoms in total. The Morgan fingerprint density at radius 1 is 1.43 bits per heavy atom. The number of morpholine rings is 1. The van der Waals surface area contributed by atoms with Crippen molar-refractivity contribution < 1.29 is 4.74 Å². The standard InChI is InChI=1S/C17H28N4O.HI/c1-14-7-5-6-8-15(14)12-21(4)17(18-2)19-11-16-13-20(3)9-10-22-16;/h5-8,16H,9-13H2,1-4H3,(H,18,19);1H. The number of likely N-dealkylation sites (N-methyl/N-ethyl adjacent to an activating group) is 1. The minimum atomic E-state index is 0. The second-order valence-electron chi connectivity index (χ2n) is 5.97. The second kappa shape index (κ2) is 10.1. The summed E-state index contributed by atoms with van der Waals surface area (Å²) in [6, 6.07) is 8.46. The lowest BCUT2D eigenvalue weighted by Gasteiger charge is -2.31. The van der Waals surface area contributed by atoms with Crippen LogP contribution in [0, 0.1) is 6.92 Å². The van der Waals surface area contributed by atoms with Crippen LogP contribution in [0.3, 0.4) is 0 Å². The number of rotatable bonds is 4. The molecule has 1 N–H and O–H groups in total. The Labute approximate surface area is 157 Å². The van der Waals surface area contributed by atoms with Crippen molar-refractivity contribution in [2.45, 2.75) is 19.6 Å². The van der Waals surface area contributed by atoms with Crippen LogP contribution < -0.4 is 5.32 Å². The Morgan fingerprint density at radius 3 is 2.83 bits per heavy atom. The highest BCUT2D eigenvalue weighted by Crippen LogP contribution is 2.09. The van der Waals surface area contributed by atoms with E-state index >= 15 is 0 Å². The van der Waals surface area contributed by atoms with E-state index in [1.807, 2.05) is 7.05 Å². The highest BCUT2D eigenvalue weighted by Gasteiger charge is 2.18. The first-order valence-corrected chi connectivity index (χ1v) is 7.86. The van der Waals surface area contributed by atoms with Crippen LogP contribution in [-0.4, -0.2) is 69.2 Å². The van der Waals surface area contributed by atoms with Gasteiger partial charge >= 0.3 is 0 Å². The molecule has 0 amide bonds.